The van der Waals surface area contributed by atoms with Gasteiger partial charge in [0.25, 0.3) is 0 Å². The number of rotatable bonds is 6. The third-order valence-corrected chi connectivity index (χ3v) is 6.16. The standard InChI is InChI=1S/C23H21ClN2O2S/c24-18-3-1-2-17(12-18)21-11-16(6-9-22(21)28-20-13-29-14-20)10-15-4-7-19(8-5-15)26-23(25)27/h1-9,11-12,20H,10,13-14H2,(H3,25,26,27). The molecule has 0 bridgehead atoms. The Kier molecular flexibility index (Phi) is 5.97. The molecule has 29 heavy (non-hydrogen) atoms. The summed E-state index contributed by atoms with van der Waals surface area (Å²) in [6, 6.07) is 21.3. The lowest BCUT2D eigenvalue weighted by molar-refractivity contribution is 0.241. The van der Waals surface area contributed by atoms with Gasteiger partial charge in [-0.3, -0.25) is 0 Å². The van der Waals surface area contributed by atoms with Crippen molar-refractivity contribution in [2.24, 2.45) is 5.73 Å². The van der Waals surface area contributed by atoms with E-state index >= 15 is 0 Å². The van der Waals surface area contributed by atoms with Gasteiger partial charge in [0.1, 0.15) is 11.9 Å². The summed E-state index contributed by atoms with van der Waals surface area (Å²) >= 11 is 8.13. The minimum absolute atomic E-state index is 0.272. The molecule has 148 valence electrons. The molecule has 0 radical (unpaired) electrons. The Balaban J connectivity index is 1.60. The normalized spacial score (nSPS) is 13.6. The van der Waals surface area contributed by atoms with E-state index in [1.54, 1.807) is 0 Å². The zero-order valence-electron chi connectivity index (χ0n) is 15.7. The number of anilines is 1. The van der Waals surface area contributed by atoms with Crippen molar-refractivity contribution in [3.05, 3.63) is 82.9 Å². The number of benzene rings is 3. The largest absolute Gasteiger partial charge is 0.488 e. The fourth-order valence-electron chi connectivity index (χ4n) is 3.22. The Hall–Kier alpha value is -2.63. The summed E-state index contributed by atoms with van der Waals surface area (Å²) in [4.78, 5) is 11.0. The van der Waals surface area contributed by atoms with E-state index in [0.717, 1.165) is 40.4 Å². The Labute approximate surface area is 179 Å². The lowest BCUT2D eigenvalue weighted by atomic mass is 9.98. The van der Waals surface area contributed by atoms with Crippen LogP contribution in [0.1, 0.15) is 11.1 Å². The first-order valence-electron chi connectivity index (χ1n) is 9.35. The molecule has 3 aromatic carbocycles. The molecule has 2 amide bonds. The van der Waals surface area contributed by atoms with Crippen LogP contribution < -0.4 is 15.8 Å². The molecule has 0 saturated carbocycles. The number of urea groups is 1. The molecule has 0 unspecified atom stereocenters. The zero-order valence-corrected chi connectivity index (χ0v) is 17.3. The highest BCUT2D eigenvalue weighted by Gasteiger charge is 2.21. The molecule has 4 rings (SSSR count). The predicted octanol–water partition coefficient (Wildman–Crippen LogP) is 5.58. The fourth-order valence-corrected chi connectivity index (χ4v) is 3.97. The van der Waals surface area contributed by atoms with Crippen LogP contribution in [0.3, 0.4) is 0 Å². The third kappa shape index (κ3) is 5.05. The molecule has 1 aliphatic heterocycles. The fraction of sp³-hybridized carbons (Fsp3) is 0.174. The summed E-state index contributed by atoms with van der Waals surface area (Å²) in [6.07, 6.45) is 1.04. The third-order valence-electron chi connectivity index (χ3n) is 4.71. The lowest BCUT2D eigenvalue weighted by Crippen LogP contribution is -2.31. The van der Waals surface area contributed by atoms with Crippen molar-refractivity contribution in [3.8, 4) is 16.9 Å². The van der Waals surface area contributed by atoms with E-state index < -0.39 is 6.03 Å². The Bertz CT molecular complexity index is 1020. The van der Waals surface area contributed by atoms with Gasteiger partial charge in [-0.2, -0.15) is 11.8 Å². The number of nitrogens with one attached hydrogen (secondary N) is 1. The van der Waals surface area contributed by atoms with Crippen LogP contribution >= 0.6 is 23.4 Å². The maximum Gasteiger partial charge on any atom is 0.316 e. The van der Waals surface area contributed by atoms with E-state index in [2.05, 4.69) is 29.6 Å². The van der Waals surface area contributed by atoms with E-state index in [-0.39, 0.29) is 6.10 Å². The van der Waals surface area contributed by atoms with Crippen molar-refractivity contribution in [1.29, 1.82) is 0 Å². The average molecular weight is 425 g/mol. The van der Waals surface area contributed by atoms with Crippen LogP contribution in [0.25, 0.3) is 11.1 Å². The minimum atomic E-state index is -0.565. The first kappa shape index (κ1) is 19.7. The number of hydrogen-bond acceptors (Lipinski definition) is 3. The van der Waals surface area contributed by atoms with E-state index in [1.165, 1.54) is 5.56 Å². The maximum atomic E-state index is 11.0. The Morgan fingerprint density at radius 1 is 1.07 bits per heavy atom. The maximum absolute atomic E-state index is 11.0. The molecule has 0 aliphatic carbocycles. The van der Waals surface area contributed by atoms with Crippen molar-refractivity contribution in [2.75, 3.05) is 16.8 Å². The quantitative estimate of drug-likeness (QED) is 0.542. The number of nitrogens with two attached hydrogens (primary N) is 1. The smallest absolute Gasteiger partial charge is 0.316 e. The number of hydrogen-bond donors (Lipinski definition) is 2. The number of carbonyl (C=O) groups is 1. The molecule has 3 N–H and O–H groups in total. The van der Waals surface area contributed by atoms with Gasteiger partial charge in [-0.05, 0) is 59.5 Å². The van der Waals surface area contributed by atoms with Gasteiger partial charge in [0, 0.05) is 27.8 Å². The number of halogens is 1. The number of thioether (sulfide) groups is 1. The molecule has 0 atom stereocenters. The first-order chi connectivity index (χ1) is 14.1. The zero-order chi connectivity index (χ0) is 20.2. The van der Waals surface area contributed by atoms with Crippen LogP contribution in [-0.4, -0.2) is 23.6 Å². The highest BCUT2D eigenvalue weighted by atomic mass is 35.5. The van der Waals surface area contributed by atoms with Gasteiger partial charge in [0.15, 0.2) is 0 Å². The molecule has 1 saturated heterocycles. The summed E-state index contributed by atoms with van der Waals surface area (Å²) < 4.78 is 6.22. The second-order valence-electron chi connectivity index (χ2n) is 6.98. The van der Waals surface area contributed by atoms with Crippen molar-refractivity contribution < 1.29 is 9.53 Å². The molecular weight excluding hydrogens is 404 g/mol. The van der Waals surface area contributed by atoms with Crippen LogP contribution in [0.4, 0.5) is 10.5 Å². The van der Waals surface area contributed by atoms with Crippen LogP contribution in [0.5, 0.6) is 5.75 Å². The first-order valence-corrected chi connectivity index (χ1v) is 10.9. The molecule has 6 heteroatoms. The van der Waals surface area contributed by atoms with Crippen LogP contribution in [0.2, 0.25) is 5.02 Å². The van der Waals surface area contributed by atoms with Crippen molar-refractivity contribution >= 4 is 35.1 Å². The number of primary amides is 1. The lowest BCUT2D eigenvalue weighted by Gasteiger charge is -2.27. The molecule has 0 aromatic heterocycles. The van der Waals surface area contributed by atoms with E-state index in [1.807, 2.05) is 54.2 Å². The number of amides is 2. The van der Waals surface area contributed by atoms with Crippen LogP contribution in [0, 0.1) is 0 Å². The summed E-state index contributed by atoms with van der Waals surface area (Å²) in [6.45, 7) is 0. The Morgan fingerprint density at radius 2 is 1.83 bits per heavy atom. The van der Waals surface area contributed by atoms with Crippen molar-refractivity contribution in [3.63, 3.8) is 0 Å². The van der Waals surface area contributed by atoms with Gasteiger partial charge in [-0.15, -0.1) is 0 Å². The molecule has 3 aromatic rings. The molecule has 1 aliphatic rings. The summed E-state index contributed by atoms with van der Waals surface area (Å²) in [5.41, 5.74) is 10.2. The van der Waals surface area contributed by atoms with E-state index in [4.69, 9.17) is 22.1 Å². The van der Waals surface area contributed by atoms with Crippen molar-refractivity contribution in [2.45, 2.75) is 12.5 Å². The number of carbonyl (C=O) groups excluding carboxylic acids is 1. The van der Waals surface area contributed by atoms with E-state index in [9.17, 15) is 4.79 Å². The second kappa shape index (κ2) is 8.80. The van der Waals surface area contributed by atoms with Gasteiger partial charge in [0.05, 0.1) is 0 Å². The van der Waals surface area contributed by atoms with Crippen molar-refractivity contribution in [1.82, 2.24) is 0 Å². The molecule has 1 heterocycles. The van der Waals surface area contributed by atoms with Crippen LogP contribution in [0.15, 0.2) is 66.7 Å². The van der Waals surface area contributed by atoms with Gasteiger partial charge in [-0.25, -0.2) is 4.79 Å². The Morgan fingerprint density at radius 3 is 2.48 bits per heavy atom. The molecular formula is C23H21ClN2O2S. The van der Waals surface area contributed by atoms with E-state index in [0.29, 0.717) is 10.7 Å². The second-order valence-corrected chi connectivity index (χ2v) is 8.49. The topological polar surface area (TPSA) is 64.4 Å². The average Bonchev–Trinajstić information content (AvgIpc) is 2.66. The minimum Gasteiger partial charge on any atom is -0.488 e. The van der Waals surface area contributed by atoms with Gasteiger partial charge < -0.3 is 15.8 Å². The van der Waals surface area contributed by atoms with Gasteiger partial charge in [-0.1, -0.05) is 41.9 Å². The summed E-state index contributed by atoms with van der Waals surface area (Å²) in [5, 5.41) is 3.28. The molecule has 0 spiro atoms. The SMILES string of the molecule is NC(=O)Nc1ccc(Cc2ccc(OC3CSC3)c(-c3cccc(Cl)c3)c2)cc1. The summed E-state index contributed by atoms with van der Waals surface area (Å²) in [7, 11) is 0. The number of ether oxygens (including phenoxy) is 1. The molecule has 1 fully saturated rings. The highest BCUT2D eigenvalue weighted by molar-refractivity contribution is 8.00. The summed E-state index contributed by atoms with van der Waals surface area (Å²) in [5.74, 6) is 2.95. The molecule has 4 nitrogen and oxygen atoms in total. The van der Waals surface area contributed by atoms with Crippen LogP contribution in [-0.2, 0) is 6.42 Å². The van der Waals surface area contributed by atoms with Gasteiger partial charge in [0.2, 0.25) is 0 Å². The highest BCUT2D eigenvalue weighted by Crippen LogP contribution is 2.35. The monoisotopic (exact) mass is 424 g/mol. The predicted molar refractivity (Wildman–Crippen MR) is 121 cm³/mol. The van der Waals surface area contributed by atoms with Gasteiger partial charge >= 0.3 is 6.03 Å².